The number of para-hydroxylation sites is 1. The number of aromatic nitrogens is 1. The molecule has 3 aromatic rings. The van der Waals surface area contributed by atoms with Gasteiger partial charge in [-0.05, 0) is 23.8 Å². The normalized spacial score (nSPS) is 14.0. The van der Waals surface area contributed by atoms with E-state index in [1.54, 1.807) is 42.5 Å². The molecule has 1 heterocycles. The predicted octanol–water partition coefficient (Wildman–Crippen LogP) is 4.25. The van der Waals surface area contributed by atoms with Crippen LogP contribution < -0.4 is 5.73 Å². The summed E-state index contributed by atoms with van der Waals surface area (Å²) < 4.78 is 25.3. The summed E-state index contributed by atoms with van der Waals surface area (Å²) in [7, 11) is -3.79. The molecule has 24 heavy (non-hydrogen) atoms. The largest absolute Gasteiger partial charge is 0.320 e. The summed E-state index contributed by atoms with van der Waals surface area (Å²) >= 11 is 17.7. The van der Waals surface area contributed by atoms with Gasteiger partial charge in [0, 0.05) is 11.6 Å². The number of hydrogen-bond acceptors (Lipinski definition) is 3. The van der Waals surface area contributed by atoms with E-state index >= 15 is 0 Å². The maximum Gasteiger partial charge on any atom is 0.268 e. The van der Waals surface area contributed by atoms with E-state index in [1.165, 1.54) is 22.3 Å². The van der Waals surface area contributed by atoms with Crippen molar-refractivity contribution in [2.45, 2.75) is 14.7 Å². The van der Waals surface area contributed by atoms with Crippen molar-refractivity contribution in [1.82, 2.24) is 3.97 Å². The molecule has 1 atom stereocenters. The summed E-state index contributed by atoms with van der Waals surface area (Å²) in [5.74, 6) is 0. The summed E-state index contributed by atoms with van der Waals surface area (Å²) in [6.45, 7) is 0. The molecule has 3 rings (SSSR count). The molecule has 0 saturated heterocycles. The highest BCUT2D eigenvalue weighted by Gasteiger charge is 2.34. The van der Waals surface area contributed by atoms with Gasteiger partial charge in [-0.2, -0.15) is 0 Å². The molecule has 2 N–H and O–H groups in total. The van der Waals surface area contributed by atoms with Crippen molar-refractivity contribution < 1.29 is 8.42 Å². The average molecular weight is 404 g/mol. The lowest BCUT2D eigenvalue weighted by Gasteiger charge is -2.19. The van der Waals surface area contributed by atoms with Crippen molar-refractivity contribution in [3.05, 3.63) is 66.4 Å². The first kappa shape index (κ1) is 17.6. The summed E-state index contributed by atoms with van der Waals surface area (Å²) in [5, 5.41) is 0.621. The lowest BCUT2D eigenvalue weighted by molar-refractivity contribution is 0.588. The maximum atomic E-state index is 13.0. The minimum atomic E-state index is -3.79. The van der Waals surface area contributed by atoms with E-state index < -0.39 is 19.9 Å². The third-order valence-corrected chi connectivity index (χ3v) is 6.09. The van der Waals surface area contributed by atoms with E-state index in [-0.39, 0.29) is 4.90 Å². The van der Waals surface area contributed by atoms with Crippen LogP contribution in [0.3, 0.4) is 0 Å². The van der Waals surface area contributed by atoms with Gasteiger partial charge in [0.2, 0.25) is 3.79 Å². The molecule has 1 aromatic heterocycles. The van der Waals surface area contributed by atoms with Crippen molar-refractivity contribution in [3.8, 4) is 0 Å². The third kappa shape index (κ3) is 3.03. The minimum Gasteiger partial charge on any atom is -0.320 e. The second-order valence-corrected chi connectivity index (χ2v) is 9.42. The van der Waals surface area contributed by atoms with Crippen LogP contribution in [0.5, 0.6) is 0 Å². The van der Waals surface area contributed by atoms with Gasteiger partial charge in [0.15, 0.2) is 0 Å². The Morgan fingerprint density at radius 3 is 2.17 bits per heavy atom. The van der Waals surface area contributed by atoms with Gasteiger partial charge in [0.1, 0.15) is 0 Å². The van der Waals surface area contributed by atoms with Crippen molar-refractivity contribution in [2.24, 2.45) is 5.73 Å². The van der Waals surface area contributed by atoms with Gasteiger partial charge in [-0.15, -0.1) is 0 Å². The molecule has 0 bridgehead atoms. The van der Waals surface area contributed by atoms with Crippen LogP contribution >= 0.6 is 34.8 Å². The van der Waals surface area contributed by atoms with Crippen LogP contribution in [0, 0.1) is 0 Å². The Kier molecular flexibility index (Phi) is 4.57. The Labute approximate surface area is 154 Å². The Hall–Kier alpha value is -1.24. The van der Waals surface area contributed by atoms with Crippen molar-refractivity contribution in [2.75, 3.05) is 0 Å². The van der Waals surface area contributed by atoms with E-state index in [0.29, 0.717) is 16.5 Å². The minimum absolute atomic E-state index is 0.166. The first-order chi connectivity index (χ1) is 11.2. The smallest absolute Gasteiger partial charge is 0.268 e. The molecule has 8 heteroatoms. The highest BCUT2D eigenvalue weighted by atomic mass is 35.6. The first-order valence-corrected chi connectivity index (χ1v) is 9.53. The van der Waals surface area contributed by atoms with Crippen LogP contribution in [-0.4, -0.2) is 16.2 Å². The van der Waals surface area contributed by atoms with E-state index in [2.05, 4.69) is 0 Å². The monoisotopic (exact) mass is 402 g/mol. The first-order valence-electron chi connectivity index (χ1n) is 6.96. The van der Waals surface area contributed by atoms with E-state index in [4.69, 9.17) is 40.5 Å². The van der Waals surface area contributed by atoms with E-state index in [1.807, 2.05) is 0 Å². The average Bonchev–Trinajstić information content (AvgIpc) is 2.94. The lowest BCUT2D eigenvalue weighted by atomic mass is 10.1. The van der Waals surface area contributed by atoms with Crippen molar-refractivity contribution >= 4 is 55.7 Å². The molecule has 0 spiro atoms. The van der Waals surface area contributed by atoms with Crippen molar-refractivity contribution in [3.63, 3.8) is 0 Å². The number of nitrogens with zero attached hydrogens (tertiary/aromatic N) is 1. The standard InChI is InChI=1S/C16H13Cl3N2O2S/c17-16(18,19)15(20)13-10-21(14-9-5-4-8-12(13)14)24(22,23)11-6-2-1-3-7-11/h1-10,15H,20H2. The molecule has 0 aliphatic heterocycles. The topological polar surface area (TPSA) is 65.1 Å². The molecule has 0 radical (unpaired) electrons. The second-order valence-electron chi connectivity index (χ2n) is 5.23. The number of benzene rings is 2. The molecule has 0 amide bonds. The van der Waals surface area contributed by atoms with Crippen LogP contribution in [0.1, 0.15) is 11.6 Å². The number of alkyl halides is 3. The SMILES string of the molecule is NC(c1cn(S(=O)(=O)c2ccccc2)c2ccccc12)C(Cl)(Cl)Cl. The highest BCUT2D eigenvalue weighted by molar-refractivity contribution is 7.90. The van der Waals surface area contributed by atoms with E-state index in [0.717, 1.165) is 0 Å². The van der Waals surface area contributed by atoms with Crippen molar-refractivity contribution in [1.29, 1.82) is 0 Å². The zero-order chi connectivity index (χ0) is 17.5. The Morgan fingerprint density at radius 1 is 0.958 bits per heavy atom. The number of rotatable bonds is 3. The number of nitrogens with two attached hydrogens (primary N) is 1. The Morgan fingerprint density at radius 2 is 1.54 bits per heavy atom. The fraction of sp³-hybridized carbons (Fsp3) is 0.125. The van der Waals surface area contributed by atoms with E-state index in [9.17, 15) is 8.42 Å². The maximum absolute atomic E-state index is 13.0. The van der Waals surface area contributed by atoms with Gasteiger partial charge in [-0.1, -0.05) is 71.2 Å². The second kappa shape index (κ2) is 6.24. The number of fused-ring (bicyclic) bond motifs is 1. The summed E-state index contributed by atoms with van der Waals surface area (Å²) in [5.41, 5.74) is 6.95. The number of halogens is 3. The molecule has 1 unspecified atom stereocenters. The summed E-state index contributed by atoms with van der Waals surface area (Å²) in [6.07, 6.45) is 1.42. The van der Waals surface area contributed by atoms with Crippen LogP contribution in [0.2, 0.25) is 0 Å². The predicted molar refractivity (Wildman–Crippen MR) is 98.2 cm³/mol. The molecule has 0 fully saturated rings. The van der Waals surface area contributed by atoms with Gasteiger partial charge in [0.05, 0.1) is 16.5 Å². The van der Waals surface area contributed by atoms with Crippen LogP contribution in [0.25, 0.3) is 10.9 Å². The van der Waals surface area contributed by atoms with Gasteiger partial charge < -0.3 is 5.73 Å². The molecule has 2 aromatic carbocycles. The van der Waals surface area contributed by atoms with Gasteiger partial charge in [0.25, 0.3) is 10.0 Å². The highest BCUT2D eigenvalue weighted by Crippen LogP contribution is 2.41. The third-order valence-electron chi connectivity index (χ3n) is 3.70. The molecule has 0 aliphatic carbocycles. The fourth-order valence-electron chi connectivity index (χ4n) is 2.50. The molecular formula is C16H13Cl3N2O2S. The Balaban J connectivity index is 2.28. The molecule has 0 aliphatic rings. The molecule has 0 saturated carbocycles. The molecule has 126 valence electrons. The Bertz CT molecular complexity index is 979. The van der Waals surface area contributed by atoms with Gasteiger partial charge in [-0.25, -0.2) is 12.4 Å². The van der Waals surface area contributed by atoms with Gasteiger partial charge in [-0.3, -0.25) is 0 Å². The zero-order valence-corrected chi connectivity index (χ0v) is 15.3. The van der Waals surface area contributed by atoms with Crippen LogP contribution in [0.15, 0.2) is 65.7 Å². The fourth-order valence-corrected chi connectivity index (χ4v) is 4.26. The quantitative estimate of drug-likeness (QED) is 0.665. The number of hydrogen-bond donors (Lipinski definition) is 1. The summed E-state index contributed by atoms with van der Waals surface area (Å²) in [6, 6.07) is 14.1. The molecule has 4 nitrogen and oxygen atoms in total. The lowest BCUT2D eigenvalue weighted by Crippen LogP contribution is -2.25. The van der Waals surface area contributed by atoms with Crippen LogP contribution in [-0.2, 0) is 10.0 Å². The summed E-state index contributed by atoms with van der Waals surface area (Å²) in [4.78, 5) is 0.166. The van der Waals surface area contributed by atoms with Crippen LogP contribution in [0.4, 0.5) is 0 Å². The molecular weight excluding hydrogens is 391 g/mol. The van der Waals surface area contributed by atoms with Gasteiger partial charge >= 0.3 is 0 Å². The zero-order valence-electron chi connectivity index (χ0n) is 12.2.